The molecule has 2 aromatic carbocycles. The Hall–Kier alpha value is -1.48. The van der Waals surface area contributed by atoms with Crippen molar-refractivity contribution in [2.45, 2.75) is 18.7 Å². The monoisotopic (exact) mass is 275 g/mol. The molecule has 0 aromatic heterocycles. The van der Waals surface area contributed by atoms with Crippen molar-refractivity contribution in [2.24, 2.45) is 0 Å². The van der Waals surface area contributed by atoms with Crippen molar-refractivity contribution >= 4 is 17.4 Å². The second-order valence-electron chi connectivity index (χ2n) is 4.53. The summed E-state index contributed by atoms with van der Waals surface area (Å²) in [7, 11) is 0. The number of aryl methyl sites for hydroxylation is 2. The van der Waals surface area contributed by atoms with E-state index in [0.717, 1.165) is 18.0 Å². The van der Waals surface area contributed by atoms with E-state index < -0.39 is 0 Å². The Morgan fingerprint density at radius 2 is 1.74 bits per heavy atom. The Labute approximate surface area is 118 Å². The van der Waals surface area contributed by atoms with Crippen LogP contribution in [0.15, 0.2) is 47.4 Å². The maximum Gasteiger partial charge on any atom is 0.123 e. The first-order valence-electron chi connectivity index (χ1n) is 6.34. The highest BCUT2D eigenvalue weighted by Crippen LogP contribution is 2.21. The first-order valence-corrected chi connectivity index (χ1v) is 7.33. The summed E-state index contributed by atoms with van der Waals surface area (Å²) in [5.74, 6) is 0.787. The molecule has 0 aliphatic rings. The molecule has 19 heavy (non-hydrogen) atoms. The minimum atomic E-state index is -0.199. The molecular formula is C16H18FNS. The van der Waals surface area contributed by atoms with Gasteiger partial charge in [0.1, 0.15) is 5.82 Å². The van der Waals surface area contributed by atoms with Crippen LogP contribution in [-0.2, 0) is 0 Å². The van der Waals surface area contributed by atoms with Gasteiger partial charge in [-0.15, -0.1) is 11.8 Å². The molecule has 0 fully saturated rings. The van der Waals surface area contributed by atoms with Crippen LogP contribution in [0.4, 0.5) is 10.1 Å². The van der Waals surface area contributed by atoms with Crippen LogP contribution in [-0.4, -0.2) is 12.3 Å². The van der Waals surface area contributed by atoms with Crippen molar-refractivity contribution in [3.05, 3.63) is 59.4 Å². The lowest BCUT2D eigenvalue weighted by Crippen LogP contribution is -2.03. The highest BCUT2D eigenvalue weighted by Gasteiger charge is 1.98. The standard InChI is InChI=1S/C16H18FNS/c1-12-3-8-16(11-13(12)2)19-10-9-18-15-6-4-14(17)5-7-15/h3-8,11,18H,9-10H2,1-2H3. The van der Waals surface area contributed by atoms with Gasteiger partial charge in [-0.1, -0.05) is 6.07 Å². The second-order valence-corrected chi connectivity index (χ2v) is 5.70. The molecule has 0 saturated carbocycles. The van der Waals surface area contributed by atoms with E-state index in [-0.39, 0.29) is 5.82 Å². The van der Waals surface area contributed by atoms with E-state index in [9.17, 15) is 4.39 Å². The third-order valence-electron chi connectivity index (χ3n) is 3.02. The lowest BCUT2D eigenvalue weighted by atomic mass is 10.1. The number of thioether (sulfide) groups is 1. The zero-order valence-corrected chi connectivity index (χ0v) is 12.1. The van der Waals surface area contributed by atoms with Crippen LogP contribution < -0.4 is 5.32 Å². The van der Waals surface area contributed by atoms with Crippen LogP contribution >= 0.6 is 11.8 Å². The number of benzene rings is 2. The SMILES string of the molecule is Cc1ccc(SCCNc2ccc(F)cc2)cc1C. The zero-order valence-electron chi connectivity index (χ0n) is 11.2. The van der Waals surface area contributed by atoms with Gasteiger partial charge in [-0.3, -0.25) is 0 Å². The summed E-state index contributed by atoms with van der Waals surface area (Å²) in [6.45, 7) is 5.12. The van der Waals surface area contributed by atoms with Gasteiger partial charge in [0, 0.05) is 22.9 Å². The van der Waals surface area contributed by atoms with Gasteiger partial charge >= 0.3 is 0 Å². The average molecular weight is 275 g/mol. The van der Waals surface area contributed by atoms with E-state index in [1.54, 1.807) is 12.1 Å². The quantitative estimate of drug-likeness (QED) is 0.630. The van der Waals surface area contributed by atoms with E-state index in [4.69, 9.17) is 0 Å². The largest absolute Gasteiger partial charge is 0.384 e. The van der Waals surface area contributed by atoms with E-state index >= 15 is 0 Å². The second kappa shape index (κ2) is 6.62. The molecule has 1 nitrogen and oxygen atoms in total. The first kappa shape index (κ1) is 13.9. The third kappa shape index (κ3) is 4.28. The van der Waals surface area contributed by atoms with Crippen LogP contribution in [0.1, 0.15) is 11.1 Å². The molecule has 1 N–H and O–H groups in total. The Balaban J connectivity index is 1.77. The first-order chi connectivity index (χ1) is 9.15. The van der Waals surface area contributed by atoms with E-state index in [1.165, 1.54) is 28.2 Å². The third-order valence-corrected chi connectivity index (χ3v) is 4.02. The average Bonchev–Trinajstić information content (AvgIpc) is 2.41. The Morgan fingerprint density at radius 3 is 2.42 bits per heavy atom. The molecule has 0 bridgehead atoms. The fourth-order valence-electron chi connectivity index (χ4n) is 1.74. The predicted molar refractivity (Wildman–Crippen MR) is 81.5 cm³/mol. The summed E-state index contributed by atoms with van der Waals surface area (Å²) in [4.78, 5) is 1.30. The summed E-state index contributed by atoms with van der Waals surface area (Å²) >= 11 is 1.83. The summed E-state index contributed by atoms with van der Waals surface area (Å²) in [5, 5.41) is 3.28. The van der Waals surface area contributed by atoms with Gasteiger partial charge in [0.2, 0.25) is 0 Å². The van der Waals surface area contributed by atoms with Gasteiger partial charge in [-0.05, 0) is 61.4 Å². The Bertz CT molecular complexity index is 537. The smallest absolute Gasteiger partial charge is 0.123 e. The van der Waals surface area contributed by atoms with E-state index in [0.29, 0.717) is 0 Å². The van der Waals surface area contributed by atoms with E-state index in [2.05, 4.69) is 37.4 Å². The highest BCUT2D eigenvalue weighted by molar-refractivity contribution is 7.99. The molecule has 0 aliphatic carbocycles. The van der Waals surface area contributed by atoms with Crippen LogP contribution in [0.5, 0.6) is 0 Å². The number of halogens is 1. The fraction of sp³-hybridized carbons (Fsp3) is 0.250. The van der Waals surface area contributed by atoms with E-state index in [1.807, 2.05) is 11.8 Å². The van der Waals surface area contributed by atoms with Crippen LogP contribution in [0, 0.1) is 19.7 Å². The molecule has 0 atom stereocenters. The Kier molecular flexibility index (Phi) is 4.86. The molecule has 0 unspecified atom stereocenters. The topological polar surface area (TPSA) is 12.0 Å². The molecule has 2 rings (SSSR count). The van der Waals surface area contributed by atoms with Crippen molar-refractivity contribution in [1.29, 1.82) is 0 Å². The number of anilines is 1. The van der Waals surface area contributed by atoms with Crippen molar-refractivity contribution in [1.82, 2.24) is 0 Å². The van der Waals surface area contributed by atoms with Gasteiger partial charge in [-0.25, -0.2) is 4.39 Å². The summed E-state index contributed by atoms with van der Waals surface area (Å²) in [6, 6.07) is 13.0. The van der Waals surface area contributed by atoms with Gasteiger partial charge < -0.3 is 5.32 Å². The summed E-state index contributed by atoms with van der Waals surface area (Å²) in [5.41, 5.74) is 3.62. The number of rotatable bonds is 5. The van der Waals surface area contributed by atoms with Crippen molar-refractivity contribution in [3.8, 4) is 0 Å². The summed E-state index contributed by atoms with van der Waals surface area (Å²) < 4.78 is 12.7. The molecule has 0 aliphatic heterocycles. The molecule has 0 heterocycles. The number of hydrogen-bond acceptors (Lipinski definition) is 2. The molecule has 0 spiro atoms. The molecule has 0 amide bonds. The van der Waals surface area contributed by atoms with Gasteiger partial charge in [0.15, 0.2) is 0 Å². The van der Waals surface area contributed by atoms with Gasteiger partial charge in [0.05, 0.1) is 0 Å². The zero-order chi connectivity index (χ0) is 13.7. The lowest BCUT2D eigenvalue weighted by Gasteiger charge is -2.07. The van der Waals surface area contributed by atoms with Gasteiger partial charge in [-0.2, -0.15) is 0 Å². The van der Waals surface area contributed by atoms with Crippen LogP contribution in [0.2, 0.25) is 0 Å². The maximum absolute atomic E-state index is 12.7. The molecule has 3 heteroatoms. The number of hydrogen-bond donors (Lipinski definition) is 1. The molecule has 2 aromatic rings. The number of nitrogens with one attached hydrogen (secondary N) is 1. The van der Waals surface area contributed by atoms with Crippen LogP contribution in [0.3, 0.4) is 0 Å². The molecule has 100 valence electrons. The maximum atomic E-state index is 12.7. The van der Waals surface area contributed by atoms with Gasteiger partial charge in [0.25, 0.3) is 0 Å². The van der Waals surface area contributed by atoms with Crippen LogP contribution in [0.25, 0.3) is 0 Å². The molecular weight excluding hydrogens is 257 g/mol. The lowest BCUT2D eigenvalue weighted by molar-refractivity contribution is 0.628. The Morgan fingerprint density at radius 1 is 1.00 bits per heavy atom. The predicted octanol–water partition coefficient (Wildman–Crippen LogP) is 4.65. The fourth-order valence-corrected chi connectivity index (χ4v) is 2.60. The highest BCUT2D eigenvalue weighted by atomic mass is 32.2. The van der Waals surface area contributed by atoms with Crippen molar-refractivity contribution in [3.63, 3.8) is 0 Å². The minimum Gasteiger partial charge on any atom is -0.384 e. The summed E-state index contributed by atoms with van der Waals surface area (Å²) in [6.07, 6.45) is 0. The molecule has 0 saturated heterocycles. The minimum absolute atomic E-state index is 0.199. The van der Waals surface area contributed by atoms with Crippen molar-refractivity contribution in [2.75, 3.05) is 17.6 Å². The molecule has 0 radical (unpaired) electrons. The van der Waals surface area contributed by atoms with Crippen molar-refractivity contribution < 1.29 is 4.39 Å². The normalized spacial score (nSPS) is 10.5.